The number of nitrogens with one attached hydrogen (secondary N) is 1. The molecule has 17 heavy (non-hydrogen) atoms. The van der Waals surface area contributed by atoms with Gasteiger partial charge in [0.1, 0.15) is 0 Å². The van der Waals surface area contributed by atoms with Gasteiger partial charge in [-0.15, -0.1) is 0 Å². The standard InChI is InChI=1S/C11H12N2O4/c1-7-8(4-3-5-9(7)13(15)16)12-10(14)11(2)6-17-11/h3-5H,6H2,1-2H3,(H,12,14). The Hall–Kier alpha value is -1.95. The van der Waals surface area contributed by atoms with E-state index in [1.165, 1.54) is 12.1 Å². The lowest BCUT2D eigenvalue weighted by Crippen LogP contribution is -2.28. The lowest BCUT2D eigenvalue weighted by molar-refractivity contribution is -0.385. The predicted octanol–water partition coefficient (Wildman–Crippen LogP) is 1.63. The van der Waals surface area contributed by atoms with Crippen LogP contribution < -0.4 is 5.32 Å². The minimum atomic E-state index is -0.781. The zero-order valence-corrected chi connectivity index (χ0v) is 9.52. The number of epoxide rings is 1. The summed E-state index contributed by atoms with van der Waals surface area (Å²) in [5, 5.41) is 13.4. The summed E-state index contributed by atoms with van der Waals surface area (Å²) in [6.07, 6.45) is 0. The second-order valence-electron chi connectivity index (χ2n) is 4.18. The normalized spacial score (nSPS) is 22.0. The molecule has 6 heteroatoms. The molecular weight excluding hydrogens is 224 g/mol. The van der Waals surface area contributed by atoms with E-state index >= 15 is 0 Å². The van der Waals surface area contributed by atoms with Crippen molar-refractivity contribution < 1.29 is 14.5 Å². The molecule has 0 saturated carbocycles. The summed E-state index contributed by atoms with van der Waals surface area (Å²) in [7, 11) is 0. The molecule has 0 spiro atoms. The Balaban J connectivity index is 2.24. The SMILES string of the molecule is Cc1c(NC(=O)C2(C)CO2)cccc1[N+](=O)[O-]. The van der Waals surface area contributed by atoms with Gasteiger partial charge in [0.15, 0.2) is 5.60 Å². The van der Waals surface area contributed by atoms with E-state index in [-0.39, 0.29) is 11.6 Å². The highest BCUT2D eigenvalue weighted by molar-refractivity contribution is 5.99. The number of amides is 1. The van der Waals surface area contributed by atoms with Gasteiger partial charge in [0.05, 0.1) is 22.8 Å². The van der Waals surface area contributed by atoms with Crippen LogP contribution in [0, 0.1) is 17.0 Å². The molecule has 1 aliphatic heterocycles. The lowest BCUT2D eigenvalue weighted by Gasteiger charge is -2.10. The number of nitrogens with zero attached hydrogens (tertiary/aromatic N) is 1. The summed E-state index contributed by atoms with van der Waals surface area (Å²) in [4.78, 5) is 22.0. The molecule has 90 valence electrons. The third-order valence-corrected chi connectivity index (χ3v) is 2.81. The van der Waals surface area contributed by atoms with Crippen molar-refractivity contribution in [2.45, 2.75) is 19.4 Å². The van der Waals surface area contributed by atoms with Crippen molar-refractivity contribution in [1.29, 1.82) is 0 Å². The Morgan fingerprint density at radius 3 is 2.76 bits per heavy atom. The lowest BCUT2D eigenvalue weighted by atomic mass is 10.1. The first-order valence-corrected chi connectivity index (χ1v) is 5.13. The van der Waals surface area contributed by atoms with Gasteiger partial charge in [-0.1, -0.05) is 6.07 Å². The summed E-state index contributed by atoms with van der Waals surface area (Å²) in [5.74, 6) is -0.277. The van der Waals surface area contributed by atoms with E-state index in [4.69, 9.17) is 4.74 Å². The monoisotopic (exact) mass is 236 g/mol. The quantitative estimate of drug-likeness (QED) is 0.491. The molecule has 1 atom stereocenters. The Morgan fingerprint density at radius 2 is 2.24 bits per heavy atom. The van der Waals surface area contributed by atoms with Gasteiger partial charge in [0.2, 0.25) is 0 Å². The third-order valence-electron chi connectivity index (χ3n) is 2.81. The number of hydrogen-bond acceptors (Lipinski definition) is 4. The molecule has 1 aromatic rings. The van der Waals surface area contributed by atoms with Gasteiger partial charge < -0.3 is 10.1 Å². The molecule has 2 rings (SSSR count). The molecule has 1 unspecified atom stereocenters. The highest BCUT2D eigenvalue weighted by Gasteiger charge is 2.47. The van der Waals surface area contributed by atoms with Crippen LogP contribution in [0.4, 0.5) is 11.4 Å². The van der Waals surface area contributed by atoms with E-state index in [1.54, 1.807) is 19.9 Å². The van der Waals surface area contributed by atoms with Crippen LogP contribution in [0.5, 0.6) is 0 Å². The van der Waals surface area contributed by atoms with Crippen molar-refractivity contribution in [2.75, 3.05) is 11.9 Å². The van der Waals surface area contributed by atoms with Gasteiger partial charge in [-0.3, -0.25) is 14.9 Å². The molecule has 1 amide bonds. The van der Waals surface area contributed by atoms with Crippen molar-refractivity contribution in [2.24, 2.45) is 0 Å². The van der Waals surface area contributed by atoms with Crippen molar-refractivity contribution in [1.82, 2.24) is 0 Å². The summed E-state index contributed by atoms with van der Waals surface area (Å²) < 4.78 is 5.00. The second kappa shape index (κ2) is 3.81. The zero-order chi connectivity index (χ0) is 12.6. The zero-order valence-electron chi connectivity index (χ0n) is 9.52. The van der Waals surface area contributed by atoms with Gasteiger partial charge in [-0.25, -0.2) is 0 Å². The van der Waals surface area contributed by atoms with Gasteiger partial charge >= 0.3 is 0 Å². The summed E-state index contributed by atoms with van der Waals surface area (Å²) in [6.45, 7) is 3.66. The topological polar surface area (TPSA) is 84.8 Å². The fourth-order valence-corrected chi connectivity index (χ4v) is 1.45. The van der Waals surface area contributed by atoms with E-state index in [1.807, 2.05) is 0 Å². The molecule has 1 fully saturated rings. The third kappa shape index (κ3) is 2.12. The summed E-state index contributed by atoms with van der Waals surface area (Å²) in [6, 6.07) is 4.57. The number of nitro groups is 1. The van der Waals surface area contributed by atoms with Crippen LogP contribution in [-0.2, 0) is 9.53 Å². The van der Waals surface area contributed by atoms with Crippen LogP contribution >= 0.6 is 0 Å². The van der Waals surface area contributed by atoms with Gasteiger partial charge in [-0.2, -0.15) is 0 Å². The van der Waals surface area contributed by atoms with Crippen molar-refractivity contribution in [3.63, 3.8) is 0 Å². The van der Waals surface area contributed by atoms with Crippen LogP contribution in [0.1, 0.15) is 12.5 Å². The minimum Gasteiger partial charge on any atom is -0.359 e. The van der Waals surface area contributed by atoms with Crippen LogP contribution in [-0.4, -0.2) is 23.0 Å². The van der Waals surface area contributed by atoms with Gasteiger partial charge in [0.25, 0.3) is 11.6 Å². The molecule has 1 heterocycles. The first kappa shape index (κ1) is 11.5. The van der Waals surface area contributed by atoms with Crippen LogP contribution in [0.3, 0.4) is 0 Å². The van der Waals surface area contributed by atoms with Gasteiger partial charge in [0, 0.05) is 6.07 Å². The van der Waals surface area contributed by atoms with Crippen LogP contribution in [0.25, 0.3) is 0 Å². The molecule has 1 aromatic carbocycles. The molecule has 1 saturated heterocycles. The molecule has 0 aliphatic carbocycles. The molecule has 1 aliphatic rings. The number of carbonyl (C=O) groups excluding carboxylic acids is 1. The largest absolute Gasteiger partial charge is 0.359 e. The molecular formula is C11H12N2O4. The van der Waals surface area contributed by atoms with Gasteiger partial charge in [-0.05, 0) is 19.9 Å². The maximum atomic E-state index is 11.7. The van der Waals surface area contributed by atoms with Crippen molar-refractivity contribution >= 4 is 17.3 Å². The van der Waals surface area contributed by atoms with Crippen molar-refractivity contribution in [3.8, 4) is 0 Å². The number of hydrogen-bond donors (Lipinski definition) is 1. The maximum Gasteiger partial charge on any atom is 0.274 e. The smallest absolute Gasteiger partial charge is 0.274 e. The number of ether oxygens (including phenoxy) is 1. The maximum absolute atomic E-state index is 11.7. The highest BCUT2D eigenvalue weighted by atomic mass is 16.6. The van der Waals surface area contributed by atoms with Crippen LogP contribution in [0.15, 0.2) is 18.2 Å². The second-order valence-corrected chi connectivity index (χ2v) is 4.18. The molecule has 1 N–H and O–H groups in total. The van der Waals surface area contributed by atoms with E-state index in [9.17, 15) is 14.9 Å². The first-order valence-electron chi connectivity index (χ1n) is 5.13. The Morgan fingerprint density at radius 1 is 1.59 bits per heavy atom. The highest BCUT2D eigenvalue weighted by Crippen LogP contribution is 2.30. The predicted molar refractivity (Wildman–Crippen MR) is 60.8 cm³/mol. The first-order chi connectivity index (χ1) is 7.94. The Kier molecular flexibility index (Phi) is 2.59. The Labute approximate surface area is 97.7 Å². The molecule has 6 nitrogen and oxygen atoms in total. The average Bonchev–Trinajstić information content (AvgIpc) is 3.00. The van der Waals surface area contributed by atoms with E-state index < -0.39 is 10.5 Å². The average molecular weight is 236 g/mol. The van der Waals surface area contributed by atoms with Crippen LogP contribution in [0.2, 0.25) is 0 Å². The Bertz CT molecular complexity index is 494. The van der Waals surface area contributed by atoms with E-state index in [0.29, 0.717) is 17.9 Å². The number of carbonyl (C=O) groups is 1. The number of benzene rings is 1. The van der Waals surface area contributed by atoms with E-state index in [0.717, 1.165) is 0 Å². The molecule has 0 aromatic heterocycles. The number of anilines is 1. The van der Waals surface area contributed by atoms with E-state index in [2.05, 4.69) is 5.32 Å². The minimum absolute atomic E-state index is 0.00957. The number of nitro benzene ring substituents is 1. The molecule has 0 radical (unpaired) electrons. The van der Waals surface area contributed by atoms with Crippen molar-refractivity contribution in [3.05, 3.63) is 33.9 Å². The fourth-order valence-electron chi connectivity index (χ4n) is 1.45. The summed E-state index contributed by atoms with van der Waals surface area (Å²) >= 11 is 0. The summed E-state index contributed by atoms with van der Waals surface area (Å²) in [5.41, 5.74) is 0.0949. The fraction of sp³-hybridized carbons (Fsp3) is 0.364. The molecule has 0 bridgehead atoms. The number of rotatable bonds is 3.